The van der Waals surface area contributed by atoms with E-state index in [0.29, 0.717) is 19.4 Å². The molecule has 0 radical (unpaired) electrons. The van der Waals surface area contributed by atoms with Crippen LogP contribution < -0.4 is 15.5 Å². The average Bonchev–Trinajstić information content (AvgIpc) is 2.61. The molecule has 8 heteroatoms. The molecular formula is C17H28N6O2. The average molecular weight is 348 g/mol. The van der Waals surface area contributed by atoms with Crippen molar-refractivity contribution in [1.29, 1.82) is 0 Å². The van der Waals surface area contributed by atoms with E-state index in [1.165, 1.54) is 0 Å². The summed E-state index contributed by atoms with van der Waals surface area (Å²) < 4.78 is 0. The molecule has 1 aromatic heterocycles. The quantitative estimate of drug-likeness (QED) is 0.828. The summed E-state index contributed by atoms with van der Waals surface area (Å²) in [5.41, 5.74) is 5.26. The number of carbonyl (C=O) groups is 1. The van der Waals surface area contributed by atoms with Crippen LogP contribution in [0.4, 0.5) is 17.6 Å². The van der Waals surface area contributed by atoms with Crippen LogP contribution in [0.15, 0.2) is 6.07 Å². The number of carboxylic acid groups (broad SMARTS) is 1. The Kier molecular flexibility index (Phi) is 4.99. The minimum Gasteiger partial charge on any atom is -0.481 e. The van der Waals surface area contributed by atoms with Gasteiger partial charge in [0.25, 0.3) is 0 Å². The number of piperidine rings is 1. The summed E-state index contributed by atoms with van der Waals surface area (Å²) in [4.78, 5) is 27.1. The van der Waals surface area contributed by atoms with Gasteiger partial charge in [0.05, 0.1) is 5.41 Å². The van der Waals surface area contributed by atoms with Crippen LogP contribution in [0.3, 0.4) is 0 Å². The summed E-state index contributed by atoms with van der Waals surface area (Å²) in [6.07, 6.45) is 2.17. The van der Waals surface area contributed by atoms with Gasteiger partial charge >= 0.3 is 5.97 Å². The number of anilines is 3. The number of carboxylic acids is 1. The van der Waals surface area contributed by atoms with Gasteiger partial charge in [0.15, 0.2) is 0 Å². The summed E-state index contributed by atoms with van der Waals surface area (Å²) in [5.74, 6) is 1.09. The molecule has 2 saturated heterocycles. The molecule has 3 rings (SSSR count). The van der Waals surface area contributed by atoms with E-state index in [9.17, 15) is 9.90 Å². The minimum absolute atomic E-state index is 0.245. The van der Waals surface area contributed by atoms with Crippen molar-refractivity contribution >= 4 is 23.6 Å². The fourth-order valence-electron chi connectivity index (χ4n) is 3.74. The van der Waals surface area contributed by atoms with E-state index >= 15 is 0 Å². The number of aromatic nitrogens is 2. The van der Waals surface area contributed by atoms with Gasteiger partial charge in [-0.2, -0.15) is 9.97 Å². The molecule has 8 nitrogen and oxygen atoms in total. The zero-order chi connectivity index (χ0) is 18.0. The molecule has 138 valence electrons. The smallest absolute Gasteiger partial charge is 0.311 e. The van der Waals surface area contributed by atoms with Crippen LogP contribution in [-0.2, 0) is 4.79 Å². The van der Waals surface area contributed by atoms with Gasteiger partial charge in [0.2, 0.25) is 5.95 Å². The topological polar surface area (TPSA) is 98.8 Å². The first-order valence-electron chi connectivity index (χ1n) is 9.00. The molecule has 0 spiro atoms. The van der Waals surface area contributed by atoms with Gasteiger partial charge in [0.1, 0.15) is 11.6 Å². The number of hydrogen-bond acceptors (Lipinski definition) is 7. The largest absolute Gasteiger partial charge is 0.481 e. The lowest BCUT2D eigenvalue weighted by molar-refractivity contribution is -0.149. The first kappa shape index (κ1) is 17.7. The Bertz CT molecular complexity index is 632. The van der Waals surface area contributed by atoms with Crippen molar-refractivity contribution in [3.63, 3.8) is 0 Å². The van der Waals surface area contributed by atoms with Crippen LogP contribution in [0.2, 0.25) is 0 Å². The van der Waals surface area contributed by atoms with E-state index < -0.39 is 11.4 Å². The van der Waals surface area contributed by atoms with Gasteiger partial charge in [-0.15, -0.1) is 0 Å². The Labute approximate surface area is 148 Å². The lowest BCUT2D eigenvalue weighted by Gasteiger charge is -2.40. The summed E-state index contributed by atoms with van der Waals surface area (Å²) in [7, 11) is 2.11. The van der Waals surface area contributed by atoms with Gasteiger partial charge in [-0.3, -0.25) is 4.79 Å². The number of piperazine rings is 1. The number of likely N-dealkylation sites (N-methyl/N-ethyl adjacent to an activating group) is 1. The van der Waals surface area contributed by atoms with Crippen molar-refractivity contribution in [2.24, 2.45) is 5.41 Å². The molecule has 0 saturated carbocycles. The predicted octanol–water partition coefficient (Wildman–Crippen LogP) is 0.892. The Morgan fingerprint density at radius 2 is 1.84 bits per heavy atom. The number of hydrogen-bond donors (Lipinski definition) is 2. The molecule has 0 unspecified atom stereocenters. The fraction of sp³-hybridized carbons (Fsp3) is 0.706. The van der Waals surface area contributed by atoms with E-state index in [1.807, 2.05) is 13.0 Å². The zero-order valence-corrected chi connectivity index (χ0v) is 15.1. The molecule has 25 heavy (non-hydrogen) atoms. The molecule has 3 heterocycles. The molecule has 1 atom stereocenters. The normalized spacial score (nSPS) is 25.2. The lowest BCUT2D eigenvalue weighted by atomic mass is 9.77. The summed E-state index contributed by atoms with van der Waals surface area (Å²) in [6, 6.07) is 1.95. The van der Waals surface area contributed by atoms with Crippen molar-refractivity contribution in [2.45, 2.75) is 26.2 Å². The maximum absolute atomic E-state index is 11.8. The van der Waals surface area contributed by atoms with Crippen LogP contribution in [0.1, 0.15) is 26.2 Å². The third-order valence-corrected chi connectivity index (χ3v) is 5.58. The highest BCUT2D eigenvalue weighted by Crippen LogP contribution is 2.36. The van der Waals surface area contributed by atoms with Crippen LogP contribution >= 0.6 is 0 Å². The maximum atomic E-state index is 11.8. The zero-order valence-electron chi connectivity index (χ0n) is 15.1. The van der Waals surface area contributed by atoms with Gasteiger partial charge < -0.3 is 25.5 Å². The number of nitrogen functional groups attached to an aromatic ring is 1. The maximum Gasteiger partial charge on any atom is 0.311 e. The fourth-order valence-corrected chi connectivity index (χ4v) is 3.74. The molecule has 0 aromatic carbocycles. The van der Waals surface area contributed by atoms with Crippen LogP contribution in [0, 0.1) is 5.41 Å². The van der Waals surface area contributed by atoms with Gasteiger partial charge in [-0.25, -0.2) is 0 Å². The van der Waals surface area contributed by atoms with E-state index in [4.69, 9.17) is 5.73 Å². The second kappa shape index (κ2) is 7.03. The van der Waals surface area contributed by atoms with Gasteiger partial charge in [-0.1, -0.05) is 6.92 Å². The minimum atomic E-state index is -0.721. The number of nitrogens with zero attached hydrogens (tertiary/aromatic N) is 5. The van der Waals surface area contributed by atoms with Crippen molar-refractivity contribution in [1.82, 2.24) is 14.9 Å². The van der Waals surface area contributed by atoms with E-state index in [-0.39, 0.29) is 5.95 Å². The van der Waals surface area contributed by atoms with Gasteiger partial charge in [-0.05, 0) is 26.3 Å². The number of aliphatic carboxylic acids is 1. The molecule has 0 aliphatic carbocycles. The van der Waals surface area contributed by atoms with Crippen LogP contribution in [0.25, 0.3) is 0 Å². The number of rotatable bonds is 4. The summed E-state index contributed by atoms with van der Waals surface area (Å²) in [5, 5.41) is 9.69. The predicted molar refractivity (Wildman–Crippen MR) is 98.0 cm³/mol. The van der Waals surface area contributed by atoms with E-state index in [2.05, 4.69) is 31.7 Å². The monoisotopic (exact) mass is 348 g/mol. The number of nitrogens with two attached hydrogens (primary N) is 1. The molecule has 2 aliphatic heterocycles. The van der Waals surface area contributed by atoms with Crippen LogP contribution in [-0.4, -0.2) is 72.3 Å². The third-order valence-electron chi connectivity index (χ3n) is 5.58. The third kappa shape index (κ3) is 3.63. The molecule has 2 fully saturated rings. The van der Waals surface area contributed by atoms with E-state index in [1.54, 1.807) is 0 Å². The first-order chi connectivity index (χ1) is 11.9. The molecule has 0 amide bonds. The second-order valence-corrected chi connectivity index (χ2v) is 7.20. The second-order valence-electron chi connectivity index (χ2n) is 7.20. The molecule has 0 bridgehead atoms. The Morgan fingerprint density at radius 3 is 2.44 bits per heavy atom. The Morgan fingerprint density at radius 1 is 1.20 bits per heavy atom. The first-order valence-corrected chi connectivity index (χ1v) is 9.00. The molecule has 2 aliphatic rings. The summed E-state index contributed by atoms with van der Waals surface area (Å²) in [6.45, 7) is 7.00. The molecule has 3 N–H and O–H groups in total. The highest BCUT2D eigenvalue weighted by molar-refractivity contribution is 5.76. The van der Waals surface area contributed by atoms with Gasteiger partial charge in [0, 0.05) is 45.3 Å². The van der Waals surface area contributed by atoms with Crippen molar-refractivity contribution in [3.8, 4) is 0 Å². The van der Waals surface area contributed by atoms with E-state index in [0.717, 1.165) is 50.8 Å². The van der Waals surface area contributed by atoms with Crippen LogP contribution in [0.5, 0.6) is 0 Å². The SMILES string of the molecule is CC[C@@]1(C(=O)O)CCCN(c2cc(N3CCN(C)CC3)nc(N)n2)C1. The molecular weight excluding hydrogens is 320 g/mol. The molecule has 1 aromatic rings. The highest BCUT2D eigenvalue weighted by atomic mass is 16.4. The highest BCUT2D eigenvalue weighted by Gasteiger charge is 2.41. The van der Waals surface area contributed by atoms with Crippen molar-refractivity contribution in [2.75, 3.05) is 61.8 Å². The lowest BCUT2D eigenvalue weighted by Crippen LogP contribution is -2.48. The standard InChI is InChI=1S/C17H28N6O2/c1-3-17(15(24)25)5-4-6-23(12-17)14-11-13(19-16(18)20-14)22-9-7-21(2)8-10-22/h11H,3-10,12H2,1-2H3,(H,24,25)(H2,18,19,20)/t17-/m1/s1. The Balaban J connectivity index is 1.83. The Hall–Kier alpha value is -2.09. The summed E-state index contributed by atoms with van der Waals surface area (Å²) >= 11 is 0. The van der Waals surface area contributed by atoms with Crippen molar-refractivity contribution in [3.05, 3.63) is 6.07 Å². The van der Waals surface area contributed by atoms with Crippen molar-refractivity contribution < 1.29 is 9.90 Å².